The third kappa shape index (κ3) is 3.09. The Morgan fingerprint density at radius 2 is 1.93 bits per heavy atom. The van der Waals surface area contributed by atoms with Gasteiger partial charge in [-0.15, -0.1) is 0 Å². The lowest BCUT2D eigenvalue weighted by molar-refractivity contribution is 0.0546. The molecule has 3 heterocycles. The lowest BCUT2D eigenvalue weighted by atomic mass is 10.0. The van der Waals surface area contributed by atoms with Crippen LogP contribution < -0.4 is 5.32 Å². The SMILES string of the molecule is O=C1NCc2c(Cl)ccc(-c3cc4cc(C(=O)N5CCC(O)CC5)ccc4[nH]3)c21. The Balaban J connectivity index is 1.51. The number of H-pyrrole nitrogens is 1. The van der Waals surface area contributed by atoms with Crippen LogP contribution in [0.4, 0.5) is 0 Å². The molecule has 2 aliphatic rings. The fourth-order valence-corrected chi connectivity index (χ4v) is 4.42. The molecular weight excluding hydrogens is 390 g/mol. The predicted octanol–water partition coefficient (Wildman–Crippen LogP) is 3.33. The Bertz CT molecular complexity index is 1150. The van der Waals surface area contributed by atoms with E-state index in [4.69, 9.17) is 11.6 Å². The van der Waals surface area contributed by atoms with Gasteiger partial charge in [0.25, 0.3) is 11.8 Å². The number of nitrogens with one attached hydrogen (secondary N) is 2. The zero-order chi connectivity index (χ0) is 20.1. The van der Waals surface area contributed by atoms with Crippen LogP contribution in [-0.2, 0) is 6.54 Å². The second-order valence-corrected chi connectivity index (χ2v) is 8.05. The van der Waals surface area contributed by atoms with Crippen molar-refractivity contribution in [3.63, 3.8) is 0 Å². The van der Waals surface area contributed by atoms with Gasteiger partial charge in [-0.1, -0.05) is 17.7 Å². The summed E-state index contributed by atoms with van der Waals surface area (Å²) in [6.45, 7) is 1.58. The quantitative estimate of drug-likeness (QED) is 0.607. The minimum Gasteiger partial charge on any atom is -0.393 e. The van der Waals surface area contributed by atoms with Gasteiger partial charge < -0.3 is 20.3 Å². The second-order valence-electron chi connectivity index (χ2n) is 7.64. The number of hydrogen-bond acceptors (Lipinski definition) is 3. The first-order valence-electron chi connectivity index (χ1n) is 9.71. The number of carbonyl (C=O) groups excluding carboxylic acids is 2. The Kier molecular flexibility index (Phi) is 4.33. The molecule has 6 nitrogen and oxygen atoms in total. The summed E-state index contributed by atoms with van der Waals surface area (Å²) >= 11 is 6.25. The van der Waals surface area contributed by atoms with Crippen molar-refractivity contribution < 1.29 is 14.7 Å². The third-order valence-corrected chi connectivity index (χ3v) is 6.17. The van der Waals surface area contributed by atoms with Gasteiger partial charge in [-0.2, -0.15) is 0 Å². The molecule has 2 aromatic carbocycles. The molecule has 2 aliphatic heterocycles. The molecular formula is C22H20ClN3O3. The normalized spacial score (nSPS) is 16.9. The lowest BCUT2D eigenvalue weighted by Gasteiger charge is -2.29. The molecule has 0 bridgehead atoms. The van der Waals surface area contributed by atoms with Crippen molar-refractivity contribution in [2.75, 3.05) is 13.1 Å². The van der Waals surface area contributed by atoms with Crippen molar-refractivity contribution in [3.8, 4) is 11.3 Å². The number of amides is 2. The highest BCUT2D eigenvalue weighted by Gasteiger charge is 2.26. The molecule has 0 spiro atoms. The monoisotopic (exact) mass is 409 g/mol. The van der Waals surface area contributed by atoms with Gasteiger partial charge in [0.1, 0.15) is 0 Å². The molecule has 0 radical (unpaired) electrons. The number of piperidine rings is 1. The Labute approximate surface area is 172 Å². The summed E-state index contributed by atoms with van der Waals surface area (Å²) in [4.78, 5) is 30.3. The summed E-state index contributed by atoms with van der Waals surface area (Å²) in [5.74, 6) is -0.146. The fraction of sp³-hybridized carbons (Fsp3) is 0.273. The van der Waals surface area contributed by atoms with Gasteiger partial charge in [-0.25, -0.2) is 0 Å². The molecule has 1 aromatic heterocycles. The molecule has 0 atom stereocenters. The Hall–Kier alpha value is -2.83. The van der Waals surface area contributed by atoms with Crippen LogP contribution in [0.25, 0.3) is 22.2 Å². The topological polar surface area (TPSA) is 85.4 Å². The number of benzene rings is 2. The first-order valence-corrected chi connectivity index (χ1v) is 10.1. The largest absolute Gasteiger partial charge is 0.393 e. The molecule has 3 N–H and O–H groups in total. The van der Waals surface area contributed by atoms with E-state index in [1.807, 2.05) is 30.3 Å². The maximum Gasteiger partial charge on any atom is 0.253 e. The highest BCUT2D eigenvalue weighted by molar-refractivity contribution is 6.32. The van der Waals surface area contributed by atoms with Gasteiger partial charge in [0.2, 0.25) is 0 Å². The average molecular weight is 410 g/mol. The number of aliphatic hydroxyl groups is 1. The van der Waals surface area contributed by atoms with Gasteiger partial charge in [0.05, 0.1) is 11.7 Å². The fourth-order valence-electron chi connectivity index (χ4n) is 4.20. The van der Waals surface area contributed by atoms with Gasteiger partial charge in [-0.05, 0) is 43.2 Å². The number of fused-ring (bicyclic) bond motifs is 2. The van der Waals surface area contributed by atoms with E-state index < -0.39 is 0 Å². The van der Waals surface area contributed by atoms with E-state index in [2.05, 4.69) is 10.3 Å². The van der Waals surface area contributed by atoms with Crippen molar-refractivity contribution in [3.05, 3.63) is 58.1 Å². The number of aliphatic hydroxyl groups excluding tert-OH is 1. The molecule has 0 aliphatic carbocycles. The van der Waals surface area contributed by atoms with E-state index in [1.54, 1.807) is 11.0 Å². The minimum absolute atomic E-state index is 0.0201. The van der Waals surface area contributed by atoms with Gasteiger partial charge in [-0.3, -0.25) is 9.59 Å². The molecule has 3 aromatic rings. The van der Waals surface area contributed by atoms with Crippen molar-refractivity contribution in [2.24, 2.45) is 0 Å². The van der Waals surface area contributed by atoms with Crippen LogP contribution in [-0.4, -0.2) is 46.0 Å². The van der Waals surface area contributed by atoms with Crippen LogP contribution in [0.15, 0.2) is 36.4 Å². The number of nitrogens with zero attached hydrogens (tertiary/aromatic N) is 1. The standard InChI is InChI=1S/C22H20ClN3O3/c23-17-3-2-15(20-16(17)11-24-21(20)28)19-10-13-9-12(1-4-18(13)25-19)22(29)26-7-5-14(27)6-8-26/h1-4,9-10,14,25,27H,5-8,11H2,(H,24,28). The van der Waals surface area contributed by atoms with Crippen LogP contribution in [0.1, 0.15) is 39.1 Å². The summed E-state index contributed by atoms with van der Waals surface area (Å²) in [5.41, 5.74) is 4.55. The number of hydrogen-bond donors (Lipinski definition) is 3. The zero-order valence-electron chi connectivity index (χ0n) is 15.7. The van der Waals surface area contributed by atoms with E-state index in [1.165, 1.54) is 0 Å². The van der Waals surface area contributed by atoms with Gasteiger partial charge in [0, 0.05) is 57.9 Å². The molecule has 29 heavy (non-hydrogen) atoms. The summed E-state index contributed by atoms with van der Waals surface area (Å²) in [6, 6.07) is 11.2. The Morgan fingerprint density at radius 1 is 1.14 bits per heavy atom. The molecule has 148 valence electrons. The first kappa shape index (κ1) is 18.2. The number of halogens is 1. The highest BCUT2D eigenvalue weighted by atomic mass is 35.5. The zero-order valence-corrected chi connectivity index (χ0v) is 16.4. The van der Waals surface area contributed by atoms with Crippen LogP contribution in [0, 0.1) is 0 Å². The van der Waals surface area contributed by atoms with Crippen LogP contribution in [0.3, 0.4) is 0 Å². The summed E-state index contributed by atoms with van der Waals surface area (Å²) in [5, 5.41) is 14.0. The molecule has 0 saturated carbocycles. The van der Waals surface area contributed by atoms with Crippen molar-refractivity contribution in [1.82, 2.24) is 15.2 Å². The molecule has 1 saturated heterocycles. The summed E-state index contributed by atoms with van der Waals surface area (Å²) < 4.78 is 0. The van der Waals surface area contributed by atoms with Crippen molar-refractivity contribution >= 4 is 34.3 Å². The maximum atomic E-state index is 12.8. The van der Waals surface area contributed by atoms with E-state index in [0.29, 0.717) is 48.6 Å². The highest BCUT2D eigenvalue weighted by Crippen LogP contribution is 2.35. The van der Waals surface area contributed by atoms with E-state index >= 15 is 0 Å². The molecule has 5 rings (SSSR count). The van der Waals surface area contributed by atoms with E-state index in [9.17, 15) is 14.7 Å². The predicted molar refractivity (Wildman–Crippen MR) is 111 cm³/mol. The lowest BCUT2D eigenvalue weighted by Crippen LogP contribution is -2.40. The molecule has 0 unspecified atom stereocenters. The van der Waals surface area contributed by atoms with Crippen LogP contribution in [0.5, 0.6) is 0 Å². The van der Waals surface area contributed by atoms with Crippen LogP contribution in [0.2, 0.25) is 5.02 Å². The van der Waals surface area contributed by atoms with Crippen molar-refractivity contribution in [2.45, 2.75) is 25.5 Å². The Morgan fingerprint density at radius 3 is 2.72 bits per heavy atom. The van der Waals surface area contributed by atoms with Gasteiger partial charge >= 0.3 is 0 Å². The first-order chi connectivity index (χ1) is 14.0. The van der Waals surface area contributed by atoms with E-state index in [-0.39, 0.29) is 17.9 Å². The smallest absolute Gasteiger partial charge is 0.253 e. The maximum absolute atomic E-state index is 12.8. The number of carbonyl (C=O) groups is 2. The number of rotatable bonds is 2. The van der Waals surface area contributed by atoms with Crippen molar-refractivity contribution in [1.29, 1.82) is 0 Å². The number of aromatic nitrogens is 1. The molecule has 7 heteroatoms. The minimum atomic E-state index is -0.313. The number of aromatic amines is 1. The van der Waals surface area contributed by atoms with E-state index in [0.717, 1.165) is 27.7 Å². The molecule has 2 amide bonds. The summed E-state index contributed by atoms with van der Waals surface area (Å²) in [6.07, 6.45) is 0.921. The molecule has 1 fully saturated rings. The average Bonchev–Trinajstić information content (AvgIpc) is 3.32. The third-order valence-electron chi connectivity index (χ3n) is 5.82. The van der Waals surface area contributed by atoms with Crippen LogP contribution >= 0.6 is 11.6 Å². The van der Waals surface area contributed by atoms with Gasteiger partial charge in [0.15, 0.2) is 0 Å². The number of likely N-dealkylation sites (tertiary alicyclic amines) is 1. The summed E-state index contributed by atoms with van der Waals surface area (Å²) in [7, 11) is 0. The second kappa shape index (κ2) is 6.90.